The zero-order chi connectivity index (χ0) is 17.3. The van der Waals surface area contributed by atoms with E-state index in [-0.39, 0.29) is 11.7 Å². The van der Waals surface area contributed by atoms with Crippen LogP contribution in [0.15, 0.2) is 39.4 Å². The van der Waals surface area contributed by atoms with Gasteiger partial charge in [0.15, 0.2) is 15.6 Å². The van der Waals surface area contributed by atoms with Gasteiger partial charge in [0.05, 0.1) is 10.2 Å². The molecule has 24 heavy (non-hydrogen) atoms. The van der Waals surface area contributed by atoms with E-state index in [9.17, 15) is 4.79 Å². The molecular formula is C16H15BrClN3O2S. The molecular weight excluding hydrogens is 414 g/mol. The topological polar surface area (TPSA) is 49.6 Å². The van der Waals surface area contributed by atoms with Crippen LogP contribution in [-0.2, 0) is 0 Å². The summed E-state index contributed by atoms with van der Waals surface area (Å²) >= 11 is 10.7. The van der Waals surface area contributed by atoms with Crippen molar-refractivity contribution in [3.63, 3.8) is 0 Å². The number of aromatic nitrogens is 1. The van der Waals surface area contributed by atoms with E-state index in [0.717, 1.165) is 10.2 Å². The zero-order valence-electron chi connectivity index (χ0n) is 13.1. The molecule has 5 nitrogen and oxygen atoms in total. The second-order valence-corrected chi connectivity index (χ2v) is 7.70. The summed E-state index contributed by atoms with van der Waals surface area (Å²) in [5.74, 6) is 0.0608. The normalized spacial score (nSPS) is 11.4. The van der Waals surface area contributed by atoms with Gasteiger partial charge < -0.3 is 9.32 Å². The Labute approximate surface area is 157 Å². The van der Waals surface area contributed by atoms with Crippen LogP contribution in [-0.4, -0.2) is 43.0 Å². The highest BCUT2D eigenvalue weighted by Crippen LogP contribution is 2.31. The predicted molar refractivity (Wildman–Crippen MR) is 101 cm³/mol. The molecule has 0 radical (unpaired) electrons. The maximum absolute atomic E-state index is 12.8. The van der Waals surface area contributed by atoms with Crippen molar-refractivity contribution < 1.29 is 9.21 Å². The van der Waals surface area contributed by atoms with Crippen molar-refractivity contribution in [1.82, 2.24) is 9.88 Å². The van der Waals surface area contributed by atoms with Crippen LogP contribution >= 0.6 is 38.9 Å². The lowest BCUT2D eigenvalue weighted by Crippen LogP contribution is -2.36. The molecule has 1 amide bonds. The summed E-state index contributed by atoms with van der Waals surface area (Å²) in [6, 6.07) is 8.86. The minimum absolute atomic E-state index is 0.215. The van der Waals surface area contributed by atoms with Crippen molar-refractivity contribution in [2.45, 2.75) is 0 Å². The Hall–Kier alpha value is -1.41. The summed E-state index contributed by atoms with van der Waals surface area (Å²) in [4.78, 5) is 21.1. The molecule has 0 saturated carbocycles. The van der Waals surface area contributed by atoms with Gasteiger partial charge in [-0.3, -0.25) is 9.69 Å². The third-order valence-corrected chi connectivity index (χ3v) is 5.07. The second-order valence-electron chi connectivity index (χ2n) is 5.47. The average Bonchev–Trinajstić information content (AvgIpc) is 3.12. The highest BCUT2D eigenvalue weighted by Gasteiger charge is 2.24. The number of likely N-dealkylation sites (N-methyl/N-ethyl adjacent to an activating group) is 1. The van der Waals surface area contributed by atoms with Gasteiger partial charge in [0, 0.05) is 18.1 Å². The fourth-order valence-corrected chi connectivity index (χ4v) is 3.72. The van der Waals surface area contributed by atoms with Crippen LogP contribution in [0.1, 0.15) is 10.6 Å². The Kier molecular flexibility index (Phi) is 5.24. The van der Waals surface area contributed by atoms with Gasteiger partial charge in [-0.15, -0.1) is 0 Å². The Morgan fingerprint density at radius 1 is 1.29 bits per heavy atom. The minimum atomic E-state index is -0.215. The van der Waals surface area contributed by atoms with E-state index in [1.54, 1.807) is 23.1 Å². The molecule has 2 heterocycles. The number of carbonyl (C=O) groups is 1. The standard InChI is InChI=1S/C16H15BrClN3O2S/c1-20(2)7-8-21(15(22)12-5-6-14(17)23-12)16-19-11-4-3-10(18)9-13(11)24-16/h3-6,9H,7-8H2,1-2H3. The first-order chi connectivity index (χ1) is 11.4. The number of nitrogens with zero attached hydrogens (tertiary/aromatic N) is 3. The first-order valence-electron chi connectivity index (χ1n) is 7.22. The van der Waals surface area contributed by atoms with Crippen LogP contribution in [0.3, 0.4) is 0 Å². The molecule has 0 aliphatic rings. The van der Waals surface area contributed by atoms with Crippen LogP contribution in [0.5, 0.6) is 0 Å². The Morgan fingerprint density at radius 3 is 2.75 bits per heavy atom. The predicted octanol–water partition coefficient (Wildman–Crippen LogP) is 4.51. The van der Waals surface area contributed by atoms with Crippen LogP contribution in [0.4, 0.5) is 5.13 Å². The zero-order valence-corrected chi connectivity index (χ0v) is 16.3. The molecule has 0 aliphatic heterocycles. The molecule has 0 saturated heterocycles. The van der Waals surface area contributed by atoms with Gasteiger partial charge in [-0.05, 0) is 60.4 Å². The number of hydrogen-bond acceptors (Lipinski definition) is 5. The van der Waals surface area contributed by atoms with E-state index < -0.39 is 0 Å². The van der Waals surface area contributed by atoms with Crippen molar-refractivity contribution in [3.05, 3.63) is 45.8 Å². The van der Waals surface area contributed by atoms with Gasteiger partial charge >= 0.3 is 0 Å². The van der Waals surface area contributed by atoms with Crippen LogP contribution < -0.4 is 4.90 Å². The number of benzene rings is 1. The minimum Gasteiger partial charge on any atom is -0.444 e. The van der Waals surface area contributed by atoms with Gasteiger partial charge in [-0.1, -0.05) is 22.9 Å². The molecule has 1 aromatic carbocycles. The molecule has 0 spiro atoms. The molecule has 0 aliphatic carbocycles. The second kappa shape index (κ2) is 7.23. The van der Waals surface area contributed by atoms with E-state index in [4.69, 9.17) is 16.0 Å². The summed E-state index contributed by atoms with van der Waals surface area (Å²) < 4.78 is 6.88. The maximum atomic E-state index is 12.8. The molecule has 0 atom stereocenters. The van der Waals surface area contributed by atoms with E-state index in [0.29, 0.717) is 27.9 Å². The fourth-order valence-electron chi connectivity index (χ4n) is 2.15. The van der Waals surface area contributed by atoms with E-state index in [1.807, 2.05) is 31.1 Å². The quantitative estimate of drug-likeness (QED) is 0.600. The molecule has 0 bridgehead atoms. The summed E-state index contributed by atoms with van der Waals surface area (Å²) in [6.07, 6.45) is 0. The summed E-state index contributed by atoms with van der Waals surface area (Å²) in [7, 11) is 3.93. The van der Waals surface area contributed by atoms with Crippen molar-refractivity contribution in [1.29, 1.82) is 0 Å². The van der Waals surface area contributed by atoms with E-state index in [2.05, 4.69) is 20.9 Å². The summed E-state index contributed by atoms with van der Waals surface area (Å²) in [6.45, 7) is 1.22. The lowest BCUT2D eigenvalue weighted by atomic mass is 10.3. The smallest absolute Gasteiger partial charge is 0.295 e. The number of furan rings is 1. The fraction of sp³-hybridized carbons (Fsp3) is 0.250. The summed E-state index contributed by atoms with van der Waals surface area (Å²) in [5, 5.41) is 1.28. The van der Waals surface area contributed by atoms with Crippen molar-refractivity contribution in [3.8, 4) is 0 Å². The molecule has 0 unspecified atom stereocenters. The maximum Gasteiger partial charge on any atom is 0.295 e. The number of amides is 1. The Bertz CT molecular complexity index is 877. The third-order valence-electron chi connectivity index (χ3n) is 3.37. The van der Waals surface area contributed by atoms with Crippen molar-refractivity contribution in [2.24, 2.45) is 0 Å². The number of rotatable bonds is 5. The highest BCUT2D eigenvalue weighted by atomic mass is 79.9. The highest BCUT2D eigenvalue weighted by molar-refractivity contribution is 9.10. The Balaban J connectivity index is 1.97. The van der Waals surface area contributed by atoms with Gasteiger partial charge in [-0.2, -0.15) is 0 Å². The van der Waals surface area contributed by atoms with Gasteiger partial charge in [0.1, 0.15) is 0 Å². The average molecular weight is 429 g/mol. The number of carbonyl (C=O) groups excluding carboxylic acids is 1. The molecule has 0 fully saturated rings. The van der Waals surface area contributed by atoms with E-state index in [1.165, 1.54) is 11.3 Å². The van der Waals surface area contributed by atoms with Crippen molar-refractivity contribution in [2.75, 3.05) is 32.1 Å². The van der Waals surface area contributed by atoms with Crippen molar-refractivity contribution >= 4 is 60.1 Å². The van der Waals surface area contributed by atoms with Gasteiger partial charge in [0.25, 0.3) is 5.91 Å². The molecule has 3 rings (SSSR count). The lowest BCUT2D eigenvalue weighted by molar-refractivity contribution is 0.0957. The number of thiazole rings is 1. The first-order valence-corrected chi connectivity index (χ1v) is 9.21. The molecule has 2 aromatic heterocycles. The number of anilines is 1. The van der Waals surface area contributed by atoms with Crippen LogP contribution in [0.25, 0.3) is 10.2 Å². The molecule has 126 valence electrons. The van der Waals surface area contributed by atoms with Crippen LogP contribution in [0.2, 0.25) is 5.02 Å². The SMILES string of the molecule is CN(C)CCN(C(=O)c1ccc(Br)o1)c1nc2ccc(Cl)cc2s1. The largest absolute Gasteiger partial charge is 0.444 e. The summed E-state index contributed by atoms with van der Waals surface area (Å²) in [5.41, 5.74) is 0.822. The van der Waals surface area contributed by atoms with E-state index >= 15 is 0 Å². The van der Waals surface area contributed by atoms with Gasteiger partial charge in [-0.25, -0.2) is 4.98 Å². The first kappa shape index (κ1) is 17.4. The molecule has 3 aromatic rings. The number of hydrogen-bond donors (Lipinski definition) is 0. The Morgan fingerprint density at radius 2 is 2.08 bits per heavy atom. The molecule has 8 heteroatoms. The number of fused-ring (bicyclic) bond motifs is 1. The molecule has 0 N–H and O–H groups in total. The lowest BCUT2D eigenvalue weighted by Gasteiger charge is -2.20. The monoisotopic (exact) mass is 427 g/mol. The van der Waals surface area contributed by atoms with Gasteiger partial charge in [0.2, 0.25) is 0 Å². The van der Waals surface area contributed by atoms with Crippen LogP contribution in [0, 0.1) is 0 Å². The third kappa shape index (κ3) is 3.80. The number of halogens is 2.